The van der Waals surface area contributed by atoms with Gasteiger partial charge in [0.15, 0.2) is 0 Å². The molecule has 0 N–H and O–H groups in total. The summed E-state index contributed by atoms with van der Waals surface area (Å²) in [6.07, 6.45) is 0. The second kappa shape index (κ2) is 7.77. The molecule has 0 bridgehead atoms. The van der Waals surface area contributed by atoms with Crippen LogP contribution >= 0.6 is 0 Å². The van der Waals surface area contributed by atoms with Crippen LogP contribution in [-0.2, 0) is 19.4 Å². The summed E-state index contributed by atoms with van der Waals surface area (Å²) in [5, 5.41) is 2.69. The molecule has 0 unspecified atom stereocenters. The number of rotatable bonds is 7. The summed E-state index contributed by atoms with van der Waals surface area (Å²) in [6, 6.07) is 15.5. The Morgan fingerprint density at radius 3 is 1.18 bits per heavy atom. The van der Waals surface area contributed by atoms with Crippen LogP contribution in [0.25, 0.3) is 11.1 Å². The van der Waals surface area contributed by atoms with E-state index < -0.39 is 0 Å². The van der Waals surface area contributed by atoms with E-state index in [1.807, 2.05) is 48.5 Å². The quantitative estimate of drug-likeness (QED) is 0.732. The molecule has 0 radical (unpaired) electrons. The largest absolute Gasteiger partial charge is 0.252 e. The van der Waals surface area contributed by atoms with E-state index >= 15 is 0 Å². The van der Waals surface area contributed by atoms with Gasteiger partial charge in [-0.1, -0.05) is 36.4 Å². The Kier molecular flexibility index (Phi) is 5.74. The predicted octanol–water partition coefficient (Wildman–Crippen LogP) is 3.21. The van der Waals surface area contributed by atoms with Gasteiger partial charge in [0.05, 0.1) is 28.4 Å². The minimum absolute atomic E-state index is 0.770. The molecule has 2 rings (SSSR count). The van der Waals surface area contributed by atoms with Crippen LogP contribution in [0.3, 0.4) is 0 Å². The van der Waals surface area contributed by atoms with Gasteiger partial charge in [0.2, 0.25) is 0 Å². The third kappa shape index (κ3) is 3.20. The van der Waals surface area contributed by atoms with Gasteiger partial charge in [0.25, 0.3) is 0 Å². The second-order valence-corrected chi connectivity index (χ2v) is 4.28. The number of anilines is 2. The first-order valence-electron chi connectivity index (χ1n) is 6.72. The topological polar surface area (TPSA) is 43.4 Å². The van der Waals surface area contributed by atoms with Crippen molar-refractivity contribution in [1.29, 1.82) is 0 Å². The van der Waals surface area contributed by atoms with E-state index in [9.17, 15) is 0 Å². The van der Waals surface area contributed by atoms with Crippen LogP contribution in [0.15, 0.2) is 48.5 Å². The molecule has 0 saturated carbocycles. The van der Waals surface area contributed by atoms with E-state index in [2.05, 4.69) is 0 Å². The maximum absolute atomic E-state index is 5.24. The normalized spacial score (nSPS) is 10.5. The molecule has 0 aliphatic rings. The SMILES string of the molecule is CON(OC)c1ccccc1-c1ccccc1N(OC)OC. The summed E-state index contributed by atoms with van der Waals surface area (Å²) in [5.74, 6) is 0. The first-order valence-corrected chi connectivity index (χ1v) is 6.72. The first kappa shape index (κ1) is 16.3. The zero-order valence-corrected chi connectivity index (χ0v) is 13.1. The summed E-state index contributed by atoms with van der Waals surface area (Å²) in [7, 11) is 6.18. The lowest BCUT2D eigenvalue weighted by molar-refractivity contribution is -0.0439. The van der Waals surface area contributed by atoms with Gasteiger partial charge in [-0.15, -0.1) is 10.5 Å². The van der Waals surface area contributed by atoms with Crippen molar-refractivity contribution in [1.82, 2.24) is 0 Å². The van der Waals surface area contributed by atoms with Crippen LogP contribution in [0.5, 0.6) is 0 Å². The monoisotopic (exact) mass is 304 g/mol. The summed E-state index contributed by atoms with van der Waals surface area (Å²) in [4.78, 5) is 20.9. The number of hydrogen-bond acceptors (Lipinski definition) is 6. The van der Waals surface area contributed by atoms with Gasteiger partial charge in [0, 0.05) is 11.1 Å². The van der Waals surface area contributed by atoms with Gasteiger partial charge in [-0.2, -0.15) is 0 Å². The van der Waals surface area contributed by atoms with Crippen LogP contribution in [0.1, 0.15) is 0 Å². The van der Waals surface area contributed by atoms with Crippen molar-refractivity contribution in [3.63, 3.8) is 0 Å². The van der Waals surface area contributed by atoms with E-state index in [4.69, 9.17) is 19.4 Å². The first-order chi connectivity index (χ1) is 10.8. The van der Waals surface area contributed by atoms with E-state index in [0.29, 0.717) is 0 Å². The lowest BCUT2D eigenvalue weighted by Gasteiger charge is -2.24. The molecule has 0 heterocycles. The Balaban J connectivity index is 2.58. The molecule has 0 fully saturated rings. The molecule has 6 heteroatoms. The molecular weight excluding hydrogens is 284 g/mol. The van der Waals surface area contributed by atoms with Crippen LogP contribution in [0.2, 0.25) is 0 Å². The van der Waals surface area contributed by atoms with Gasteiger partial charge in [-0.05, 0) is 12.1 Å². The van der Waals surface area contributed by atoms with Crippen LogP contribution in [0, 0.1) is 0 Å². The van der Waals surface area contributed by atoms with Crippen molar-refractivity contribution in [3.05, 3.63) is 48.5 Å². The van der Waals surface area contributed by atoms with Crippen molar-refractivity contribution in [2.24, 2.45) is 0 Å². The molecule has 0 aromatic heterocycles. The Hall–Kier alpha value is -2.12. The number of para-hydroxylation sites is 2. The summed E-state index contributed by atoms with van der Waals surface area (Å²) in [6.45, 7) is 0. The minimum Gasteiger partial charge on any atom is -0.252 e. The summed E-state index contributed by atoms with van der Waals surface area (Å²) < 4.78 is 0. The van der Waals surface area contributed by atoms with E-state index in [1.165, 1.54) is 10.5 Å². The van der Waals surface area contributed by atoms with Gasteiger partial charge >= 0.3 is 0 Å². The predicted molar refractivity (Wildman–Crippen MR) is 84.9 cm³/mol. The molecule has 0 amide bonds. The fourth-order valence-corrected chi connectivity index (χ4v) is 2.26. The summed E-state index contributed by atoms with van der Waals surface area (Å²) in [5.41, 5.74) is 3.38. The Morgan fingerprint density at radius 2 is 0.864 bits per heavy atom. The molecule has 2 aromatic rings. The molecule has 0 spiro atoms. The molecule has 0 aliphatic carbocycles. The molecule has 6 nitrogen and oxygen atoms in total. The zero-order chi connectivity index (χ0) is 15.9. The van der Waals surface area contributed by atoms with Gasteiger partial charge in [-0.3, -0.25) is 19.4 Å². The van der Waals surface area contributed by atoms with Crippen LogP contribution < -0.4 is 10.5 Å². The lowest BCUT2D eigenvalue weighted by atomic mass is 10.0. The lowest BCUT2D eigenvalue weighted by Crippen LogP contribution is -2.22. The van der Waals surface area contributed by atoms with E-state index in [-0.39, 0.29) is 0 Å². The third-order valence-corrected chi connectivity index (χ3v) is 3.15. The number of benzene rings is 2. The van der Waals surface area contributed by atoms with Gasteiger partial charge in [-0.25, -0.2) is 0 Å². The Morgan fingerprint density at radius 1 is 0.545 bits per heavy atom. The van der Waals surface area contributed by atoms with Crippen molar-refractivity contribution in [2.75, 3.05) is 38.9 Å². The number of nitrogens with zero attached hydrogens (tertiary/aromatic N) is 2. The molecule has 0 atom stereocenters. The van der Waals surface area contributed by atoms with E-state index in [1.54, 1.807) is 28.4 Å². The van der Waals surface area contributed by atoms with Crippen molar-refractivity contribution in [3.8, 4) is 11.1 Å². The smallest absolute Gasteiger partial charge is 0.103 e. The highest BCUT2D eigenvalue weighted by Crippen LogP contribution is 2.37. The maximum Gasteiger partial charge on any atom is 0.103 e. The molecular formula is C16H20N2O4. The van der Waals surface area contributed by atoms with Crippen LogP contribution in [0.4, 0.5) is 11.4 Å². The zero-order valence-electron chi connectivity index (χ0n) is 13.1. The standard InChI is InChI=1S/C16H20N2O4/c1-19-17(20-2)15-11-7-5-9-13(15)14-10-6-8-12-16(14)18(21-3)22-4/h5-12H,1-4H3. The van der Waals surface area contributed by atoms with Crippen molar-refractivity contribution < 1.29 is 19.4 Å². The molecule has 0 aliphatic heterocycles. The van der Waals surface area contributed by atoms with Gasteiger partial charge in [0.1, 0.15) is 11.4 Å². The van der Waals surface area contributed by atoms with Crippen molar-refractivity contribution in [2.45, 2.75) is 0 Å². The molecule has 118 valence electrons. The highest BCUT2D eigenvalue weighted by atomic mass is 16.9. The van der Waals surface area contributed by atoms with Crippen LogP contribution in [-0.4, -0.2) is 28.4 Å². The Labute approximate surface area is 130 Å². The van der Waals surface area contributed by atoms with Gasteiger partial charge < -0.3 is 0 Å². The second-order valence-electron chi connectivity index (χ2n) is 4.28. The fourth-order valence-electron chi connectivity index (χ4n) is 2.26. The highest BCUT2D eigenvalue weighted by Gasteiger charge is 2.17. The van der Waals surface area contributed by atoms with E-state index in [0.717, 1.165) is 22.5 Å². The maximum atomic E-state index is 5.24. The van der Waals surface area contributed by atoms with Crippen molar-refractivity contribution >= 4 is 11.4 Å². The Bertz CT molecular complexity index is 545. The molecule has 22 heavy (non-hydrogen) atoms. The minimum atomic E-state index is 0.770. The molecule has 0 saturated heterocycles. The average molecular weight is 304 g/mol. The third-order valence-electron chi connectivity index (χ3n) is 3.15. The summed E-state index contributed by atoms with van der Waals surface area (Å²) >= 11 is 0. The highest BCUT2D eigenvalue weighted by molar-refractivity contribution is 5.85. The number of hydrogen-bond donors (Lipinski definition) is 0. The molecule has 2 aromatic carbocycles. The fraction of sp³-hybridized carbons (Fsp3) is 0.250. The average Bonchev–Trinajstić information content (AvgIpc) is 2.58.